The summed E-state index contributed by atoms with van der Waals surface area (Å²) in [5, 5.41) is 2.58. The Bertz CT molecular complexity index is 757. The predicted octanol–water partition coefficient (Wildman–Crippen LogP) is 3.18. The Morgan fingerprint density at radius 3 is 2.38 bits per heavy atom. The Morgan fingerprint density at radius 1 is 1.14 bits per heavy atom. The van der Waals surface area contributed by atoms with E-state index in [-0.39, 0.29) is 16.6 Å². The van der Waals surface area contributed by atoms with Crippen molar-refractivity contribution in [1.29, 1.82) is 0 Å². The molecule has 0 fully saturated rings. The van der Waals surface area contributed by atoms with Crippen LogP contribution in [0.4, 0.5) is 5.69 Å². The van der Waals surface area contributed by atoms with Crippen LogP contribution in [0.3, 0.4) is 0 Å². The first kappa shape index (κ1) is 15.5. The van der Waals surface area contributed by atoms with Gasteiger partial charge in [-0.2, -0.15) is 8.42 Å². The van der Waals surface area contributed by atoms with Gasteiger partial charge in [0.25, 0.3) is 0 Å². The van der Waals surface area contributed by atoms with Crippen LogP contribution in [-0.2, 0) is 14.9 Å². The van der Waals surface area contributed by atoms with Crippen molar-refractivity contribution in [2.24, 2.45) is 0 Å². The molecule has 0 unspecified atom stereocenters. The predicted molar refractivity (Wildman–Crippen MR) is 82.7 cm³/mol. The fraction of sp³-hybridized carbons (Fsp3) is 0.0714. The van der Waals surface area contributed by atoms with Gasteiger partial charge < -0.3 is 9.50 Å². The summed E-state index contributed by atoms with van der Waals surface area (Å²) in [6, 6.07) is 12.3. The molecule has 2 aromatic rings. The van der Waals surface area contributed by atoms with Crippen LogP contribution in [-0.4, -0.2) is 14.3 Å². The Balaban J connectivity index is 2.19. The molecule has 110 valence electrons. The Kier molecular flexibility index (Phi) is 4.64. The summed E-state index contributed by atoms with van der Waals surface area (Å²) < 4.78 is 29.9. The number of benzene rings is 2. The minimum absolute atomic E-state index is 0.0582. The van der Waals surface area contributed by atoms with Crippen LogP contribution < -0.4 is 9.50 Å². The lowest BCUT2D eigenvalue weighted by molar-refractivity contribution is -0.114. The highest BCUT2D eigenvalue weighted by molar-refractivity contribution is 9.10. The van der Waals surface area contributed by atoms with E-state index in [1.807, 2.05) is 0 Å². The summed E-state index contributed by atoms with van der Waals surface area (Å²) >= 11 is 3.21. The smallest absolute Gasteiger partial charge is 0.339 e. The van der Waals surface area contributed by atoms with Gasteiger partial charge in [-0.25, -0.2) is 0 Å². The molecule has 7 heteroatoms. The quantitative estimate of drug-likeness (QED) is 0.840. The number of amides is 1. The van der Waals surface area contributed by atoms with Crippen molar-refractivity contribution in [2.75, 3.05) is 5.32 Å². The zero-order chi connectivity index (χ0) is 15.5. The maximum absolute atomic E-state index is 12.1. The number of hydrogen-bond acceptors (Lipinski definition) is 4. The second-order valence-electron chi connectivity index (χ2n) is 4.20. The average molecular weight is 370 g/mol. The molecule has 0 aromatic heterocycles. The van der Waals surface area contributed by atoms with Crippen molar-refractivity contribution in [1.82, 2.24) is 0 Å². The summed E-state index contributed by atoms with van der Waals surface area (Å²) in [5.41, 5.74) is 0.565. The molecule has 21 heavy (non-hydrogen) atoms. The highest BCUT2D eigenvalue weighted by Gasteiger charge is 2.16. The fourth-order valence-corrected chi connectivity index (χ4v) is 3.12. The first-order chi connectivity index (χ1) is 9.87. The molecule has 0 heterocycles. The molecule has 1 amide bonds. The van der Waals surface area contributed by atoms with Gasteiger partial charge in [-0.15, -0.1) is 0 Å². The molecule has 0 aliphatic rings. The van der Waals surface area contributed by atoms with E-state index < -0.39 is 10.1 Å². The highest BCUT2D eigenvalue weighted by Crippen LogP contribution is 2.22. The van der Waals surface area contributed by atoms with Crippen molar-refractivity contribution < 1.29 is 17.4 Å². The van der Waals surface area contributed by atoms with Crippen LogP contribution in [0, 0.1) is 0 Å². The maximum atomic E-state index is 12.1. The van der Waals surface area contributed by atoms with Crippen LogP contribution in [0.25, 0.3) is 0 Å². The Morgan fingerprint density at radius 2 is 1.81 bits per heavy atom. The second kappa shape index (κ2) is 6.28. The summed E-state index contributed by atoms with van der Waals surface area (Å²) in [7, 11) is -3.89. The lowest BCUT2D eigenvalue weighted by Gasteiger charge is -2.08. The molecular formula is C14H12BrNO4S. The fourth-order valence-electron chi connectivity index (χ4n) is 1.59. The third-order valence-electron chi connectivity index (χ3n) is 2.47. The van der Waals surface area contributed by atoms with Gasteiger partial charge in [0.15, 0.2) is 0 Å². The molecule has 0 radical (unpaired) electrons. The van der Waals surface area contributed by atoms with E-state index in [1.54, 1.807) is 24.3 Å². The van der Waals surface area contributed by atoms with E-state index >= 15 is 0 Å². The van der Waals surface area contributed by atoms with E-state index in [2.05, 4.69) is 21.2 Å². The summed E-state index contributed by atoms with van der Waals surface area (Å²) in [6.45, 7) is 1.39. The largest absolute Gasteiger partial charge is 0.379 e. The van der Waals surface area contributed by atoms with Gasteiger partial charge in [-0.05, 0) is 42.5 Å². The summed E-state index contributed by atoms with van der Waals surface area (Å²) in [6.07, 6.45) is 0. The van der Waals surface area contributed by atoms with Gasteiger partial charge in [0.2, 0.25) is 5.91 Å². The van der Waals surface area contributed by atoms with Crippen molar-refractivity contribution in [3.63, 3.8) is 0 Å². The molecule has 2 aromatic carbocycles. The zero-order valence-electron chi connectivity index (χ0n) is 11.0. The monoisotopic (exact) mass is 369 g/mol. The molecule has 0 spiro atoms. The number of halogens is 1. The number of rotatable bonds is 4. The van der Waals surface area contributed by atoms with Gasteiger partial charge in [0, 0.05) is 17.1 Å². The maximum Gasteiger partial charge on any atom is 0.339 e. The van der Waals surface area contributed by atoms with Crippen molar-refractivity contribution in [3.8, 4) is 5.75 Å². The number of carbonyl (C=O) groups is 1. The van der Waals surface area contributed by atoms with E-state index in [4.69, 9.17) is 4.18 Å². The van der Waals surface area contributed by atoms with Gasteiger partial charge in [-0.1, -0.05) is 22.0 Å². The van der Waals surface area contributed by atoms with Crippen LogP contribution >= 0.6 is 15.9 Å². The molecule has 0 bridgehead atoms. The zero-order valence-corrected chi connectivity index (χ0v) is 13.4. The second-order valence-corrected chi connectivity index (χ2v) is 6.66. The van der Waals surface area contributed by atoms with E-state index in [9.17, 15) is 13.2 Å². The standard InChI is InChI=1S/C14H12BrNO4S/c1-10(17)16-12-5-7-13(8-6-12)20-21(18,19)14-4-2-3-11(15)9-14/h2-9H,1H3,(H,16,17). The summed E-state index contributed by atoms with van der Waals surface area (Å²) in [5.74, 6) is -0.0329. The molecule has 0 saturated heterocycles. The van der Waals surface area contributed by atoms with E-state index in [0.29, 0.717) is 10.2 Å². The van der Waals surface area contributed by atoms with Crippen LogP contribution in [0.2, 0.25) is 0 Å². The van der Waals surface area contributed by atoms with Gasteiger partial charge >= 0.3 is 10.1 Å². The molecule has 2 rings (SSSR count). The van der Waals surface area contributed by atoms with Crippen molar-refractivity contribution in [2.45, 2.75) is 11.8 Å². The van der Waals surface area contributed by atoms with Gasteiger partial charge in [-0.3, -0.25) is 4.79 Å². The topological polar surface area (TPSA) is 72.5 Å². The molecule has 0 atom stereocenters. The first-order valence-electron chi connectivity index (χ1n) is 5.94. The third kappa shape index (κ3) is 4.30. The van der Waals surface area contributed by atoms with Crippen LogP contribution in [0.1, 0.15) is 6.92 Å². The molecule has 1 N–H and O–H groups in total. The molecule has 0 aliphatic carbocycles. The van der Waals surface area contributed by atoms with E-state index in [0.717, 1.165) is 0 Å². The number of carbonyl (C=O) groups excluding carboxylic acids is 1. The minimum Gasteiger partial charge on any atom is -0.379 e. The third-order valence-corrected chi connectivity index (χ3v) is 4.20. The van der Waals surface area contributed by atoms with Crippen molar-refractivity contribution in [3.05, 3.63) is 53.0 Å². The Labute approximate surface area is 131 Å². The number of nitrogens with one attached hydrogen (secondary N) is 1. The number of hydrogen-bond donors (Lipinski definition) is 1. The average Bonchev–Trinajstić information content (AvgIpc) is 2.40. The SMILES string of the molecule is CC(=O)Nc1ccc(OS(=O)(=O)c2cccc(Br)c2)cc1. The van der Waals surface area contributed by atoms with Crippen LogP contribution in [0.5, 0.6) is 5.75 Å². The van der Waals surface area contributed by atoms with E-state index in [1.165, 1.54) is 31.2 Å². The normalized spacial score (nSPS) is 11.0. The van der Waals surface area contributed by atoms with Gasteiger partial charge in [0.05, 0.1) is 0 Å². The lowest BCUT2D eigenvalue weighted by Crippen LogP contribution is -2.10. The Hall–Kier alpha value is -1.86. The highest BCUT2D eigenvalue weighted by atomic mass is 79.9. The van der Waals surface area contributed by atoms with Crippen molar-refractivity contribution >= 4 is 37.6 Å². The minimum atomic E-state index is -3.89. The summed E-state index contributed by atoms with van der Waals surface area (Å²) in [4.78, 5) is 11.0. The molecule has 0 saturated carbocycles. The van der Waals surface area contributed by atoms with Crippen LogP contribution in [0.15, 0.2) is 57.9 Å². The number of anilines is 1. The first-order valence-corrected chi connectivity index (χ1v) is 8.15. The molecule has 5 nitrogen and oxygen atoms in total. The molecular weight excluding hydrogens is 358 g/mol. The van der Waals surface area contributed by atoms with Gasteiger partial charge in [0.1, 0.15) is 10.6 Å². The lowest BCUT2D eigenvalue weighted by atomic mass is 10.3. The molecule has 0 aliphatic heterocycles.